The largest absolute Gasteiger partial charge is 0.309 e. The van der Waals surface area contributed by atoms with Gasteiger partial charge < -0.3 is 4.57 Å². The minimum atomic E-state index is 0.120. The molecule has 3 rings (SSSR count). The number of rotatable bonds is 6. The van der Waals surface area contributed by atoms with E-state index < -0.39 is 0 Å². The molecule has 0 aliphatic carbocycles. The van der Waals surface area contributed by atoms with Gasteiger partial charge in [-0.15, -0.1) is 10.2 Å². The molecular weight excluding hydrogens is 330 g/mol. The molecule has 2 aromatic carbocycles. The van der Waals surface area contributed by atoms with E-state index in [9.17, 15) is 4.79 Å². The summed E-state index contributed by atoms with van der Waals surface area (Å²) in [5.74, 6) is 1.38. The third kappa shape index (κ3) is 4.17. The van der Waals surface area contributed by atoms with E-state index in [2.05, 4.69) is 22.3 Å². The number of ketones is 1. The number of carbonyl (C=O) groups is 1. The average Bonchev–Trinajstić information content (AvgIpc) is 2.94. The van der Waals surface area contributed by atoms with Crippen molar-refractivity contribution in [2.75, 3.05) is 5.75 Å². The normalized spacial score (nSPS) is 10.8. The van der Waals surface area contributed by atoms with Gasteiger partial charge in [-0.2, -0.15) is 0 Å². The summed E-state index contributed by atoms with van der Waals surface area (Å²) >= 11 is 1.43. The van der Waals surface area contributed by atoms with Gasteiger partial charge in [-0.25, -0.2) is 0 Å². The molecule has 0 N–H and O–H groups in total. The van der Waals surface area contributed by atoms with Gasteiger partial charge in [0.25, 0.3) is 0 Å². The van der Waals surface area contributed by atoms with Crippen LogP contribution in [-0.2, 0) is 13.5 Å². The van der Waals surface area contributed by atoms with Crippen LogP contribution < -0.4 is 0 Å². The van der Waals surface area contributed by atoms with Crippen LogP contribution in [0.4, 0.5) is 0 Å². The van der Waals surface area contributed by atoms with Gasteiger partial charge in [-0.05, 0) is 25.0 Å². The maximum absolute atomic E-state index is 12.5. The molecule has 0 aliphatic heterocycles. The first-order valence-corrected chi connectivity index (χ1v) is 9.18. The van der Waals surface area contributed by atoms with E-state index in [0.29, 0.717) is 5.75 Å². The average molecular weight is 351 g/mol. The van der Waals surface area contributed by atoms with Gasteiger partial charge in [-0.1, -0.05) is 65.9 Å². The smallest absolute Gasteiger partial charge is 0.191 e. The number of thioether (sulfide) groups is 1. The van der Waals surface area contributed by atoms with Crippen LogP contribution in [0.3, 0.4) is 0 Å². The molecule has 128 valence electrons. The SMILES string of the molecule is Cc1ccc(C(=O)CSc2nnc(Cc3ccccc3)n2C)c(C)c1. The van der Waals surface area contributed by atoms with Gasteiger partial charge >= 0.3 is 0 Å². The minimum Gasteiger partial charge on any atom is -0.309 e. The molecule has 0 bridgehead atoms. The van der Waals surface area contributed by atoms with Crippen LogP contribution in [0.2, 0.25) is 0 Å². The Morgan fingerprint density at radius 1 is 1.08 bits per heavy atom. The van der Waals surface area contributed by atoms with Gasteiger partial charge in [0.05, 0.1) is 5.75 Å². The molecule has 0 fully saturated rings. The molecule has 0 spiro atoms. The van der Waals surface area contributed by atoms with Gasteiger partial charge in [-0.3, -0.25) is 4.79 Å². The summed E-state index contributed by atoms with van der Waals surface area (Å²) in [5.41, 5.74) is 4.17. The topological polar surface area (TPSA) is 47.8 Å². The summed E-state index contributed by atoms with van der Waals surface area (Å²) in [7, 11) is 1.95. The molecule has 0 unspecified atom stereocenters. The highest BCUT2D eigenvalue weighted by atomic mass is 32.2. The van der Waals surface area contributed by atoms with Crippen molar-refractivity contribution in [2.45, 2.75) is 25.4 Å². The lowest BCUT2D eigenvalue weighted by molar-refractivity contribution is 0.102. The fourth-order valence-electron chi connectivity index (χ4n) is 2.74. The summed E-state index contributed by atoms with van der Waals surface area (Å²) in [6.45, 7) is 4.01. The lowest BCUT2D eigenvalue weighted by Crippen LogP contribution is -2.06. The fraction of sp³-hybridized carbons (Fsp3) is 0.250. The molecule has 0 amide bonds. The third-order valence-electron chi connectivity index (χ3n) is 4.14. The standard InChI is InChI=1S/C20H21N3OS/c1-14-9-10-17(15(2)11-14)18(24)13-25-20-22-21-19(23(20)3)12-16-7-5-4-6-8-16/h4-11H,12-13H2,1-3H3. The van der Waals surface area contributed by atoms with E-state index in [0.717, 1.165) is 28.5 Å². The number of carbonyl (C=O) groups excluding carboxylic acids is 1. The van der Waals surface area contributed by atoms with Crippen molar-refractivity contribution >= 4 is 17.5 Å². The summed E-state index contributed by atoms with van der Waals surface area (Å²) in [4.78, 5) is 12.5. The predicted molar refractivity (Wildman–Crippen MR) is 101 cm³/mol. The molecule has 3 aromatic rings. The summed E-state index contributed by atoms with van der Waals surface area (Å²) < 4.78 is 1.97. The zero-order valence-corrected chi connectivity index (χ0v) is 15.5. The van der Waals surface area contributed by atoms with Crippen molar-refractivity contribution in [1.29, 1.82) is 0 Å². The van der Waals surface area contributed by atoms with Crippen LogP contribution in [0.15, 0.2) is 53.7 Å². The molecule has 0 saturated heterocycles. The van der Waals surface area contributed by atoms with E-state index in [-0.39, 0.29) is 5.78 Å². The molecular formula is C20H21N3OS. The molecule has 25 heavy (non-hydrogen) atoms. The zero-order valence-electron chi connectivity index (χ0n) is 14.7. The van der Waals surface area contributed by atoms with E-state index >= 15 is 0 Å². The number of benzene rings is 2. The quantitative estimate of drug-likeness (QED) is 0.497. The van der Waals surface area contributed by atoms with Crippen LogP contribution in [0.1, 0.15) is 32.9 Å². The van der Waals surface area contributed by atoms with E-state index in [1.54, 1.807) is 0 Å². The Bertz CT molecular complexity index is 887. The Hall–Kier alpha value is -2.40. The number of aryl methyl sites for hydroxylation is 2. The molecule has 5 heteroatoms. The maximum atomic E-state index is 12.5. The Morgan fingerprint density at radius 2 is 1.84 bits per heavy atom. The Balaban J connectivity index is 1.66. The summed E-state index contributed by atoms with van der Waals surface area (Å²) in [5, 5.41) is 9.28. The maximum Gasteiger partial charge on any atom is 0.191 e. The van der Waals surface area contributed by atoms with Gasteiger partial charge in [0.2, 0.25) is 0 Å². The second kappa shape index (κ2) is 7.66. The second-order valence-corrected chi connectivity index (χ2v) is 7.09. The number of hydrogen-bond acceptors (Lipinski definition) is 4. The van der Waals surface area contributed by atoms with Crippen molar-refractivity contribution in [2.24, 2.45) is 7.05 Å². The number of aromatic nitrogens is 3. The Morgan fingerprint density at radius 3 is 2.56 bits per heavy atom. The van der Waals surface area contributed by atoms with Crippen LogP contribution in [-0.4, -0.2) is 26.3 Å². The monoisotopic (exact) mass is 351 g/mol. The van der Waals surface area contributed by atoms with Gasteiger partial charge in [0.1, 0.15) is 5.82 Å². The van der Waals surface area contributed by atoms with Crippen LogP contribution in [0.5, 0.6) is 0 Å². The number of hydrogen-bond donors (Lipinski definition) is 0. The second-order valence-electron chi connectivity index (χ2n) is 6.15. The van der Waals surface area contributed by atoms with E-state index in [4.69, 9.17) is 0 Å². The van der Waals surface area contributed by atoms with Crippen LogP contribution in [0.25, 0.3) is 0 Å². The molecule has 0 atom stereocenters. The first kappa shape index (κ1) is 17.4. The molecule has 0 aliphatic rings. The van der Waals surface area contributed by atoms with Crippen molar-refractivity contribution < 1.29 is 4.79 Å². The summed E-state index contributed by atoms with van der Waals surface area (Å²) in [6.07, 6.45) is 0.732. The predicted octanol–water partition coefficient (Wildman–Crippen LogP) is 4.00. The lowest BCUT2D eigenvalue weighted by atomic mass is 10.0. The van der Waals surface area contributed by atoms with Crippen molar-refractivity contribution in [3.63, 3.8) is 0 Å². The van der Waals surface area contributed by atoms with Crippen LogP contribution >= 0.6 is 11.8 Å². The summed E-state index contributed by atoms with van der Waals surface area (Å²) in [6, 6.07) is 16.1. The molecule has 0 saturated carbocycles. The fourth-order valence-corrected chi connectivity index (χ4v) is 3.55. The molecule has 4 nitrogen and oxygen atoms in total. The molecule has 1 heterocycles. The van der Waals surface area contributed by atoms with Crippen molar-refractivity contribution in [3.05, 3.63) is 76.6 Å². The van der Waals surface area contributed by atoms with Gasteiger partial charge in [0.15, 0.2) is 10.9 Å². The number of Topliss-reactive ketones (excluding diaryl/α,β-unsaturated/α-hetero) is 1. The van der Waals surface area contributed by atoms with Crippen molar-refractivity contribution in [3.8, 4) is 0 Å². The Kier molecular flexibility index (Phi) is 5.34. The van der Waals surface area contributed by atoms with Crippen LogP contribution in [0, 0.1) is 13.8 Å². The van der Waals surface area contributed by atoms with Gasteiger partial charge in [0, 0.05) is 19.0 Å². The lowest BCUT2D eigenvalue weighted by Gasteiger charge is -2.06. The van der Waals surface area contributed by atoms with E-state index in [1.165, 1.54) is 22.9 Å². The highest BCUT2D eigenvalue weighted by Gasteiger charge is 2.14. The van der Waals surface area contributed by atoms with E-state index in [1.807, 2.05) is 61.9 Å². The zero-order chi connectivity index (χ0) is 17.8. The van der Waals surface area contributed by atoms with Crippen molar-refractivity contribution in [1.82, 2.24) is 14.8 Å². The first-order valence-electron chi connectivity index (χ1n) is 8.20. The Labute approximate surface area is 152 Å². The minimum absolute atomic E-state index is 0.120. The molecule has 1 aromatic heterocycles. The number of nitrogens with zero attached hydrogens (tertiary/aromatic N) is 3. The molecule has 0 radical (unpaired) electrons. The first-order chi connectivity index (χ1) is 12.0. The third-order valence-corrected chi connectivity index (χ3v) is 5.17. The highest BCUT2D eigenvalue weighted by Crippen LogP contribution is 2.20. The highest BCUT2D eigenvalue weighted by molar-refractivity contribution is 7.99.